The number of fused-ring (bicyclic) bond motifs is 4. The second kappa shape index (κ2) is 7.89. The van der Waals surface area contributed by atoms with E-state index >= 15 is 0 Å². The summed E-state index contributed by atoms with van der Waals surface area (Å²) < 4.78 is 4.41. The minimum atomic E-state index is -0.0872. The summed E-state index contributed by atoms with van der Waals surface area (Å²) in [7, 11) is 0. The van der Waals surface area contributed by atoms with Crippen LogP contribution >= 0.6 is 34.4 Å². The van der Waals surface area contributed by atoms with Crippen LogP contribution in [0, 0.1) is 6.92 Å². The Balaban J connectivity index is 1.55. The molecule has 6 nitrogen and oxygen atoms in total. The zero-order valence-corrected chi connectivity index (χ0v) is 19.8. The Morgan fingerprint density at radius 2 is 1.90 bits per heavy atom. The molecule has 158 valence electrons. The first-order valence-corrected chi connectivity index (χ1v) is 12.7. The number of benzene rings is 1. The van der Waals surface area contributed by atoms with Gasteiger partial charge in [0.15, 0.2) is 10.1 Å². The first-order chi connectivity index (χ1) is 15.0. The highest BCUT2D eigenvalue weighted by molar-refractivity contribution is 7.98. The molecule has 0 aliphatic carbocycles. The highest BCUT2D eigenvalue weighted by Gasteiger charge is 2.18. The van der Waals surface area contributed by atoms with Gasteiger partial charge in [0.05, 0.1) is 21.3 Å². The molecular formula is C22H20N4O2S3. The Hall–Kier alpha value is -2.49. The average molecular weight is 469 g/mol. The summed E-state index contributed by atoms with van der Waals surface area (Å²) in [5.41, 5.74) is 2.60. The second-order valence-corrected chi connectivity index (χ2v) is 10.3. The number of para-hydroxylation sites is 1. The number of thioether (sulfide) groups is 1. The zero-order valence-electron chi connectivity index (χ0n) is 17.3. The van der Waals surface area contributed by atoms with E-state index in [9.17, 15) is 9.59 Å². The first kappa shape index (κ1) is 20.4. The van der Waals surface area contributed by atoms with Crippen molar-refractivity contribution < 1.29 is 0 Å². The monoisotopic (exact) mass is 468 g/mol. The lowest BCUT2D eigenvalue weighted by atomic mass is 10.1. The van der Waals surface area contributed by atoms with Crippen LogP contribution in [0.2, 0.25) is 0 Å². The number of thiophene rings is 1. The van der Waals surface area contributed by atoms with Crippen molar-refractivity contribution in [2.24, 2.45) is 0 Å². The van der Waals surface area contributed by atoms with Crippen molar-refractivity contribution in [1.29, 1.82) is 0 Å². The number of nitrogens with zero attached hydrogens (tertiary/aromatic N) is 4. The van der Waals surface area contributed by atoms with E-state index in [1.165, 1.54) is 23.1 Å². The highest BCUT2D eigenvalue weighted by Crippen LogP contribution is 2.30. The maximum Gasteiger partial charge on any atom is 0.263 e. The number of aromatic nitrogens is 4. The molecule has 0 fully saturated rings. The van der Waals surface area contributed by atoms with Crippen LogP contribution in [0.15, 0.2) is 45.1 Å². The van der Waals surface area contributed by atoms with Gasteiger partial charge in [0.1, 0.15) is 4.83 Å². The Bertz CT molecular complexity index is 1580. The SMILES string of the molecule is CCc1c(C)sc2nc(SCc3cc(=O)n4c(n3)sc3ccccc34)n(CC)c(=O)c12. The van der Waals surface area contributed by atoms with Gasteiger partial charge in [-0.3, -0.25) is 18.6 Å². The number of hydrogen-bond donors (Lipinski definition) is 0. The molecular weight excluding hydrogens is 448 g/mol. The van der Waals surface area contributed by atoms with E-state index in [0.29, 0.717) is 28.1 Å². The van der Waals surface area contributed by atoms with Crippen LogP contribution in [-0.4, -0.2) is 18.9 Å². The molecule has 0 radical (unpaired) electrons. The van der Waals surface area contributed by atoms with Crippen molar-refractivity contribution in [1.82, 2.24) is 18.9 Å². The van der Waals surface area contributed by atoms with Crippen LogP contribution in [0.4, 0.5) is 0 Å². The summed E-state index contributed by atoms with van der Waals surface area (Å²) in [5, 5.41) is 1.42. The number of thiazole rings is 1. The van der Waals surface area contributed by atoms with Crippen molar-refractivity contribution in [3.63, 3.8) is 0 Å². The van der Waals surface area contributed by atoms with Crippen molar-refractivity contribution in [3.05, 3.63) is 67.2 Å². The fourth-order valence-corrected chi connectivity index (χ4v) is 7.04. The Morgan fingerprint density at radius 1 is 1.10 bits per heavy atom. The lowest BCUT2D eigenvalue weighted by Gasteiger charge is -2.10. The molecule has 0 saturated carbocycles. The van der Waals surface area contributed by atoms with E-state index in [-0.39, 0.29) is 11.1 Å². The molecule has 0 bridgehead atoms. The molecule has 4 heterocycles. The third kappa shape index (κ3) is 3.31. The van der Waals surface area contributed by atoms with Gasteiger partial charge in [0.25, 0.3) is 11.1 Å². The molecule has 0 aliphatic heterocycles. The average Bonchev–Trinajstić information content (AvgIpc) is 3.29. The molecule has 0 aliphatic rings. The third-order valence-corrected chi connectivity index (χ3v) is 8.42. The third-order valence-electron chi connectivity index (χ3n) is 5.34. The summed E-state index contributed by atoms with van der Waals surface area (Å²) in [6, 6.07) is 9.39. The quantitative estimate of drug-likeness (QED) is 0.272. The van der Waals surface area contributed by atoms with Crippen molar-refractivity contribution in [3.8, 4) is 0 Å². The van der Waals surface area contributed by atoms with Gasteiger partial charge in [0, 0.05) is 23.2 Å². The molecule has 0 saturated heterocycles. The van der Waals surface area contributed by atoms with Gasteiger partial charge in [0.2, 0.25) is 0 Å². The molecule has 31 heavy (non-hydrogen) atoms. The topological polar surface area (TPSA) is 69.3 Å². The molecule has 0 spiro atoms. The molecule has 0 amide bonds. The normalized spacial score (nSPS) is 11.8. The Morgan fingerprint density at radius 3 is 2.68 bits per heavy atom. The second-order valence-electron chi connectivity index (χ2n) is 7.18. The van der Waals surface area contributed by atoms with Gasteiger partial charge in [-0.1, -0.05) is 42.2 Å². The molecule has 1 aromatic carbocycles. The summed E-state index contributed by atoms with van der Waals surface area (Å²) in [4.78, 5) is 38.1. The molecule has 0 unspecified atom stereocenters. The predicted octanol–water partition coefficient (Wildman–Crippen LogP) is 4.86. The van der Waals surface area contributed by atoms with Crippen molar-refractivity contribution in [2.45, 2.75) is 44.6 Å². The van der Waals surface area contributed by atoms with Gasteiger partial charge in [-0.05, 0) is 38.0 Å². The standard InChI is InChI=1S/C22H20N4O2S3/c1-4-14-12(3)30-19-18(14)20(28)25(5-2)21(24-19)29-11-13-10-17(27)26-15-8-6-7-9-16(15)31-22(26)23-13/h6-10H,4-5,11H2,1-3H3. The number of aryl methyl sites for hydroxylation is 2. The number of rotatable bonds is 5. The van der Waals surface area contributed by atoms with E-state index in [0.717, 1.165) is 37.3 Å². The van der Waals surface area contributed by atoms with Crippen LogP contribution in [0.3, 0.4) is 0 Å². The van der Waals surface area contributed by atoms with Gasteiger partial charge in [-0.2, -0.15) is 0 Å². The minimum Gasteiger partial charge on any atom is -0.287 e. The van der Waals surface area contributed by atoms with Gasteiger partial charge < -0.3 is 0 Å². The summed E-state index contributed by atoms with van der Waals surface area (Å²) in [5.74, 6) is 0.475. The summed E-state index contributed by atoms with van der Waals surface area (Å²) in [6.45, 7) is 6.62. The maximum atomic E-state index is 13.2. The lowest BCUT2D eigenvalue weighted by molar-refractivity contribution is 0.635. The van der Waals surface area contributed by atoms with Crippen LogP contribution in [0.5, 0.6) is 0 Å². The van der Waals surface area contributed by atoms with E-state index < -0.39 is 0 Å². The first-order valence-electron chi connectivity index (χ1n) is 10.1. The molecule has 9 heteroatoms. The Kier molecular flexibility index (Phi) is 5.19. The van der Waals surface area contributed by atoms with E-state index in [1.54, 1.807) is 26.4 Å². The maximum absolute atomic E-state index is 13.2. The molecule has 0 atom stereocenters. The fraction of sp³-hybridized carbons (Fsp3) is 0.273. The molecule has 5 rings (SSSR count). The van der Waals surface area contributed by atoms with Crippen molar-refractivity contribution in [2.75, 3.05) is 0 Å². The fourth-order valence-electron chi connectivity index (χ4n) is 3.88. The Labute approximate surface area is 190 Å². The summed E-state index contributed by atoms with van der Waals surface area (Å²) >= 11 is 4.53. The van der Waals surface area contributed by atoms with Crippen LogP contribution < -0.4 is 11.1 Å². The zero-order chi connectivity index (χ0) is 21.7. The lowest BCUT2D eigenvalue weighted by Crippen LogP contribution is -2.22. The largest absolute Gasteiger partial charge is 0.287 e. The van der Waals surface area contributed by atoms with Crippen LogP contribution in [-0.2, 0) is 18.7 Å². The van der Waals surface area contributed by atoms with E-state index in [4.69, 9.17) is 9.97 Å². The van der Waals surface area contributed by atoms with Crippen LogP contribution in [0.25, 0.3) is 25.4 Å². The summed E-state index contributed by atoms with van der Waals surface area (Å²) in [6.07, 6.45) is 0.821. The van der Waals surface area contributed by atoms with Crippen LogP contribution in [0.1, 0.15) is 30.0 Å². The minimum absolute atomic E-state index is 0.0178. The van der Waals surface area contributed by atoms with Gasteiger partial charge in [-0.15, -0.1) is 11.3 Å². The number of hydrogen-bond acceptors (Lipinski definition) is 7. The smallest absolute Gasteiger partial charge is 0.263 e. The van der Waals surface area contributed by atoms with E-state index in [1.807, 2.05) is 38.1 Å². The van der Waals surface area contributed by atoms with Gasteiger partial charge in [-0.25, -0.2) is 9.97 Å². The van der Waals surface area contributed by atoms with Gasteiger partial charge >= 0.3 is 0 Å². The van der Waals surface area contributed by atoms with E-state index in [2.05, 4.69) is 6.92 Å². The predicted molar refractivity (Wildman–Crippen MR) is 130 cm³/mol. The molecule has 4 aromatic heterocycles. The van der Waals surface area contributed by atoms with Crippen molar-refractivity contribution >= 4 is 59.8 Å². The molecule has 5 aromatic rings. The highest BCUT2D eigenvalue weighted by atomic mass is 32.2. The molecule has 0 N–H and O–H groups in total.